The van der Waals surface area contributed by atoms with Gasteiger partial charge in [0.05, 0.1) is 0 Å². The van der Waals surface area contributed by atoms with Gasteiger partial charge in [0.1, 0.15) is 5.01 Å². The maximum atomic E-state index is 5.88. The summed E-state index contributed by atoms with van der Waals surface area (Å²) in [6.45, 7) is 2.85. The van der Waals surface area contributed by atoms with Crippen LogP contribution >= 0.6 is 11.3 Å². The van der Waals surface area contributed by atoms with E-state index in [-0.39, 0.29) is 0 Å². The highest BCUT2D eigenvalue weighted by Gasteiger charge is 2.24. The van der Waals surface area contributed by atoms with E-state index in [0.717, 1.165) is 28.6 Å². The van der Waals surface area contributed by atoms with Crippen molar-refractivity contribution in [3.05, 3.63) is 10.8 Å². The predicted molar refractivity (Wildman–Crippen MR) is 81.2 cm³/mol. The Morgan fingerprint density at radius 1 is 1.30 bits per heavy atom. The fraction of sp³-hybridized carbons (Fsp3) is 0.786. The summed E-state index contributed by atoms with van der Waals surface area (Å²) in [6.07, 6.45) is 8.64. The molecule has 1 atom stereocenters. The summed E-state index contributed by atoms with van der Waals surface area (Å²) in [7, 11) is 0. The Morgan fingerprint density at radius 2 is 2.10 bits per heavy atom. The van der Waals surface area contributed by atoms with E-state index < -0.39 is 0 Å². The van der Waals surface area contributed by atoms with Crippen LogP contribution in [0.3, 0.4) is 0 Å². The zero-order chi connectivity index (χ0) is 13.9. The normalized spacial score (nSPS) is 18.7. The van der Waals surface area contributed by atoms with E-state index in [4.69, 9.17) is 10.8 Å². The molecule has 6 heteroatoms. The molecule has 110 valence electrons. The molecule has 1 unspecified atom stereocenters. The van der Waals surface area contributed by atoms with Gasteiger partial charge in [0, 0.05) is 18.4 Å². The lowest BCUT2D eigenvalue weighted by Crippen LogP contribution is -2.13. The summed E-state index contributed by atoms with van der Waals surface area (Å²) in [5.74, 6) is 1.97. The van der Waals surface area contributed by atoms with Crippen LogP contribution in [0.4, 0.5) is 0 Å². The second-order valence-electron chi connectivity index (χ2n) is 5.75. The molecule has 0 aromatic carbocycles. The summed E-state index contributed by atoms with van der Waals surface area (Å²) < 4.78 is 1.98. The lowest BCUT2D eigenvalue weighted by atomic mass is 9.89. The number of hydrogen-bond acceptors (Lipinski definition) is 5. The number of nitrogens with zero attached hydrogens (tertiary/aromatic N) is 4. The topological polar surface area (TPSA) is 69.1 Å². The van der Waals surface area contributed by atoms with Gasteiger partial charge in [-0.3, -0.25) is 0 Å². The van der Waals surface area contributed by atoms with E-state index in [1.165, 1.54) is 32.1 Å². The minimum atomic E-state index is 0.367. The van der Waals surface area contributed by atoms with Crippen LogP contribution in [0.5, 0.6) is 0 Å². The van der Waals surface area contributed by atoms with Crippen molar-refractivity contribution >= 4 is 16.3 Å². The average Bonchev–Trinajstić information content (AvgIpc) is 3.05. The van der Waals surface area contributed by atoms with Gasteiger partial charge in [-0.05, 0) is 19.3 Å². The van der Waals surface area contributed by atoms with Gasteiger partial charge in [-0.15, -0.1) is 10.2 Å². The summed E-state index contributed by atoms with van der Waals surface area (Å²) in [6, 6.07) is 0. The third-order valence-electron chi connectivity index (χ3n) is 4.27. The van der Waals surface area contributed by atoms with Crippen molar-refractivity contribution in [3.8, 4) is 0 Å². The molecule has 2 aromatic heterocycles. The van der Waals surface area contributed by atoms with Crippen LogP contribution in [0.25, 0.3) is 4.96 Å². The molecule has 0 radical (unpaired) electrons. The maximum Gasteiger partial charge on any atom is 0.234 e. The fourth-order valence-corrected chi connectivity index (χ4v) is 4.11. The Balaban J connectivity index is 1.89. The van der Waals surface area contributed by atoms with Crippen molar-refractivity contribution in [2.45, 2.75) is 63.7 Å². The number of nitrogens with two attached hydrogens (primary N) is 1. The van der Waals surface area contributed by atoms with Crippen molar-refractivity contribution in [1.82, 2.24) is 19.8 Å². The molecule has 0 bridgehead atoms. The molecule has 0 amide bonds. The van der Waals surface area contributed by atoms with Crippen molar-refractivity contribution in [2.24, 2.45) is 5.73 Å². The van der Waals surface area contributed by atoms with Crippen molar-refractivity contribution in [1.29, 1.82) is 0 Å². The number of hydrogen-bond donors (Lipinski definition) is 1. The molecule has 1 saturated carbocycles. The van der Waals surface area contributed by atoms with Crippen LogP contribution in [0, 0.1) is 0 Å². The summed E-state index contributed by atoms with van der Waals surface area (Å²) in [4.78, 5) is 0.926. The second-order valence-corrected chi connectivity index (χ2v) is 6.74. The van der Waals surface area contributed by atoms with E-state index in [1.54, 1.807) is 11.3 Å². The molecule has 1 aliphatic rings. The van der Waals surface area contributed by atoms with Crippen LogP contribution in [-0.2, 0) is 0 Å². The fourth-order valence-electron chi connectivity index (χ4n) is 3.12. The Morgan fingerprint density at radius 3 is 2.80 bits per heavy atom. The number of aromatic nitrogens is 4. The first-order valence-corrected chi connectivity index (χ1v) is 8.57. The molecule has 0 aliphatic heterocycles. The molecule has 2 heterocycles. The third-order valence-corrected chi connectivity index (χ3v) is 5.33. The van der Waals surface area contributed by atoms with E-state index >= 15 is 0 Å². The molecule has 20 heavy (non-hydrogen) atoms. The predicted octanol–water partition coefficient (Wildman–Crippen LogP) is 3.08. The quantitative estimate of drug-likeness (QED) is 0.919. The molecule has 0 spiro atoms. The molecular weight excluding hydrogens is 270 g/mol. The monoisotopic (exact) mass is 293 g/mol. The zero-order valence-electron chi connectivity index (χ0n) is 12.1. The first-order chi connectivity index (χ1) is 9.83. The Hall–Kier alpha value is -1.01. The maximum absolute atomic E-state index is 5.88. The van der Waals surface area contributed by atoms with Gasteiger partial charge in [-0.1, -0.05) is 43.9 Å². The summed E-state index contributed by atoms with van der Waals surface area (Å²) in [5, 5.41) is 14.6. The second kappa shape index (κ2) is 6.18. The highest BCUT2D eigenvalue weighted by atomic mass is 32.1. The zero-order valence-corrected chi connectivity index (χ0v) is 12.9. The molecule has 3 rings (SSSR count). The van der Waals surface area contributed by atoms with E-state index in [9.17, 15) is 0 Å². The van der Waals surface area contributed by atoms with Gasteiger partial charge in [0.2, 0.25) is 4.96 Å². The summed E-state index contributed by atoms with van der Waals surface area (Å²) in [5.41, 5.74) is 5.88. The van der Waals surface area contributed by atoms with Crippen LogP contribution in [0.1, 0.15) is 74.5 Å². The van der Waals surface area contributed by atoms with Gasteiger partial charge in [-0.2, -0.15) is 9.61 Å². The third kappa shape index (κ3) is 2.59. The van der Waals surface area contributed by atoms with Gasteiger partial charge >= 0.3 is 0 Å². The van der Waals surface area contributed by atoms with Crippen molar-refractivity contribution in [3.63, 3.8) is 0 Å². The summed E-state index contributed by atoms with van der Waals surface area (Å²) >= 11 is 1.65. The SMILES string of the molecule is CCCC(CN)c1nn2c(C3CCCCC3)nnc2s1. The van der Waals surface area contributed by atoms with Gasteiger partial charge in [0.15, 0.2) is 5.82 Å². The first kappa shape index (κ1) is 13.9. The molecule has 2 N–H and O–H groups in total. The van der Waals surface area contributed by atoms with Crippen LogP contribution in [0.15, 0.2) is 0 Å². The lowest BCUT2D eigenvalue weighted by Gasteiger charge is -2.18. The molecule has 5 nitrogen and oxygen atoms in total. The highest BCUT2D eigenvalue weighted by molar-refractivity contribution is 7.16. The molecule has 2 aromatic rings. The highest BCUT2D eigenvalue weighted by Crippen LogP contribution is 2.33. The van der Waals surface area contributed by atoms with Gasteiger partial charge in [0.25, 0.3) is 0 Å². The van der Waals surface area contributed by atoms with Crippen LogP contribution < -0.4 is 5.73 Å². The Kier molecular flexibility index (Phi) is 4.31. The van der Waals surface area contributed by atoms with Crippen molar-refractivity contribution in [2.75, 3.05) is 6.54 Å². The first-order valence-electron chi connectivity index (χ1n) is 7.75. The van der Waals surface area contributed by atoms with E-state index in [1.807, 2.05) is 4.52 Å². The standard InChI is InChI=1S/C14H23N5S/c1-2-6-11(9-15)13-18-19-12(16-17-14(19)20-13)10-7-4-3-5-8-10/h10-11H,2-9,15H2,1H3. The van der Waals surface area contributed by atoms with Crippen LogP contribution in [0.2, 0.25) is 0 Å². The lowest BCUT2D eigenvalue weighted by molar-refractivity contribution is 0.422. The van der Waals surface area contributed by atoms with E-state index in [2.05, 4.69) is 17.1 Å². The molecule has 1 fully saturated rings. The van der Waals surface area contributed by atoms with Crippen LogP contribution in [-0.4, -0.2) is 26.4 Å². The molecular formula is C14H23N5S. The minimum absolute atomic E-state index is 0.367. The Bertz CT molecular complexity index is 555. The minimum Gasteiger partial charge on any atom is -0.330 e. The van der Waals surface area contributed by atoms with Crippen molar-refractivity contribution < 1.29 is 0 Å². The van der Waals surface area contributed by atoms with Gasteiger partial charge < -0.3 is 5.73 Å². The smallest absolute Gasteiger partial charge is 0.234 e. The molecule has 1 aliphatic carbocycles. The average molecular weight is 293 g/mol. The number of fused-ring (bicyclic) bond motifs is 1. The largest absolute Gasteiger partial charge is 0.330 e. The van der Waals surface area contributed by atoms with Gasteiger partial charge in [-0.25, -0.2) is 0 Å². The molecule has 0 saturated heterocycles. The number of rotatable bonds is 5. The van der Waals surface area contributed by atoms with E-state index in [0.29, 0.717) is 18.4 Å². The Labute approximate surface area is 123 Å².